The number of aryl methyl sites for hydroxylation is 1. The fraction of sp³-hybridized carbons (Fsp3) is 0.500. The van der Waals surface area contributed by atoms with Gasteiger partial charge in [-0.1, -0.05) is 42.5 Å². The molecule has 1 atom stereocenters. The Bertz CT molecular complexity index is 970. The molecule has 2 N–H and O–H groups in total. The molecule has 186 valence electrons. The second-order valence-corrected chi connectivity index (χ2v) is 9.33. The molecule has 0 amide bonds. The molecule has 1 unspecified atom stereocenters. The van der Waals surface area contributed by atoms with Gasteiger partial charge in [-0.15, -0.1) is 11.3 Å². The quantitative estimate of drug-likeness (QED) is 0.217. The summed E-state index contributed by atoms with van der Waals surface area (Å²) in [6.07, 6.45) is -0.200. The zero-order valence-corrected chi connectivity index (χ0v) is 20.4. The van der Waals surface area contributed by atoms with Crippen LogP contribution in [0.25, 0.3) is 11.3 Å². The number of aromatic nitrogens is 1. The van der Waals surface area contributed by atoms with Gasteiger partial charge in [0.2, 0.25) is 0 Å². The first-order valence-electron chi connectivity index (χ1n) is 11.2. The van der Waals surface area contributed by atoms with E-state index in [4.69, 9.17) is 9.72 Å². The van der Waals surface area contributed by atoms with Crippen molar-refractivity contribution in [3.63, 3.8) is 0 Å². The van der Waals surface area contributed by atoms with Gasteiger partial charge in [0.25, 0.3) is 0 Å². The first kappa shape index (κ1) is 26.3. The number of hydroxylamine groups is 1. The van der Waals surface area contributed by atoms with Gasteiger partial charge < -0.3 is 9.57 Å². The Balaban J connectivity index is 1.89. The summed E-state index contributed by atoms with van der Waals surface area (Å²) in [4.78, 5) is 14.5. The van der Waals surface area contributed by atoms with Crippen LogP contribution in [0.15, 0.2) is 47.5 Å². The summed E-state index contributed by atoms with van der Waals surface area (Å²) >= 11 is 1.64. The lowest BCUT2D eigenvalue weighted by atomic mass is 9.80. The molecular formula is C24H31F3N4O2S. The van der Waals surface area contributed by atoms with E-state index >= 15 is 0 Å². The summed E-state index contributed by atoms with van der Waals surface area (Å²) in [5, 5.41) is 4.23. The highest BCUT2D eigenvalue weighted by molar-refractivity contribution is 7.12. The van der Waals surface area contributed by atoms with E-state index in [2.05, 4.69) is 20.6 Å². The molecule has 2 aromatic rings. The highest BCUT2D eigenvalue weighted by Crippen LogP contribution is 2.40. The summed E-state index contributed by atoms with van der Waals surface area (Å²) < 4.78 is 45.7. The Morgan fingerprint density at radius 1 is 1.29 bits per heavy atom. The number of ether oxygens (including phenoxy) is 1. The molecule has 1 saturated heterocycles. The molecule has 10 heteroatoms. The van der Waals surface area contributed by atoms with E-state index in [1.165, 1.54) is 7.05 Å². The van der Waals surface area contributed by atoms with Crippen molar-refractivity contribution in [2.24, 2.45) is 4.99 Å². The fourth-order valence-electron chi connectivity index (χ4n) is 3.87. The molecule has 6 nitrogen and oxygen atoms in total. The summed E-state index contributed by atoms with van der Waals surface area (Å²) in [5.41, 5.74) is 3.71. The van der Waals surface area contributed by atoms with Crippen LogP contribution in [-0.2, 0) is 15.0 Å². The first-order valence-corrected chi connectivity index (χ1v) is 12.0. The van der Waals surface area contributed by atoms with E-state index in [1.54, 1.807) is 23.5 Å². The Kier molecular flexibility index (Phi) is 9.24. The summed E-state index contributed by atoms with van der Waals surface area (Å²) in [5.74, 6) is -1.31. The van der Waals surface area contributed by atoms with Gasteiger partial charge in [-0.25, -0.2) is 9.98 Å². The van der Waals surface area contributed by atoms with Crippen molar-refractivity contribution in [1.29, 1.82) is 0 Å². The molecule has 1 aromatic carbocycles. The Labute approximate surface area is 202 Å². The minimum absolute atomic E-state index is 0.294. The fourth-order valence-corrected chi connectivity index (χ4v) is 5.05. The zero-order chi connectivity index (χ0) is 24.6. The number of hydrogen-bond acceptors (Lipinski definition) is 7. The van der Waals surface area contributed by atoms with Gasteiger partial charge in [-0.2, -0.15) is 18.7 Å². The van der Waals surface area contributed by atoms with Gasteiger partial charge in [0, 0.05) is 49.1 Å². The molecule has 0 aliphatic carbocycles. The number of halogens is 3. The van der Waals surface area contributed by atoms with Crippen LogP contribution in [0.4, 0.5) is 13.2 Å². The first-order chi connectivity index (χ1) is 16.3. The lowest BCUT2D eigenvalue weighted by Gasteiger charge is -2.36. The average Bonchev–Trinajstić information content (AvgIpc) is 3.23. The maximum Gasteiger partial charge on any atom is 0.470 e. The molecule has 0 bridgehead atoms. The number of aliphatic imine (C=N–C) groups is 1. The van der Waals surface area contributed by atoms with E-state index in [0.717, 1.165) is 34.0 Å². The molecule has 0 spiro atoms. The number of nitrogens with one attached hydrogen (secondary N) is 2. The van der Waals surface area contributed by atoms with Crippen LogP contribution in [0.1, 0.15) is 36.1 Å². The predicted molar refractivity (Wildman–Crippen MR) is 129 cm³/mol. The minimum atomic E-state index is -4.70. The van der Waals surface area contributed by atoms with Gasteiger partial charge in [0.15, 0.2) is 0 Å². The van der Waals surface area contributed by atoms with Crippen LogP contribution in [0.3, 0.4) is 0 Å². The van der Waals surface area contributed by atoms with Crippen molar-refractivity contribution in [2.75, 3.05) is 26.8 Å². The molecule has 1 aliphatic heterocycles. The lowest BCUT2D eigenvalue weighted by molar-refractivity contribution is -0.0845. The zero-order valence-electron chi connectivity index (χ0n) is 19.6. The molecule has 1 fully saturated rings. The van der Waals surface area contributed by atoms with Crippen LogP contribution in [0.5, 0.6) is 0 Å². The molecule has 3 rings (SSSR count). The molecule has 0 radical (unpaired) electrons. The van der Waals surface area contributed by atoms with Crippen molar-refractivity contribution in [3.05, 3.63) is 52.4 Å². The molecule has 0 saturated carbocycles. The number of nitrogens with zero attached hydrogens (tertiary/aromatic N) is 2. The van der Waals surface area contributed by atoms with Crippen LogP contribution in [0, 0.1) is 6.92 Å². The van der Waals surface area contributed by atoms with Crippen LogP contribution in [0.2, 0.25) is 0 Å². The highest BCUT2D eigenvalue weighted by Gasteiger charge is 2.41. The van der Waals surface area contributed by atoms with Gasteiger partial charge in [0.1, 0.15) is 11.2 Å². The van der Waals surface area contributed by atoms with Gasteiger partial charge in [-0.3, -0.25) is 5.32 Å². The third kappa shape index (κ3) is 6.65. The number of allylic oxidation sites excluding steroid dienone is 1. The van der Waals surface area contributed by atoms with Gasteiger partial charge >= 0.3 is 12.1 Å². The summed E-state index contributed by atoms with van der Waals surface area (Å²) in [7, 11) is 1.27. The van der Waals surface area contributed by atoms with Crippen molar-refractivity contribution in [3.8, 4) is 11.3 Å². The third-order valence-corrected chi connectivity index (χ3v) is 6.95. The second-order valence-electron chi connectivity index (χ2n) is 8.12. The van der Waals surface area contributed by atoms with E-state index in [9.17, 15) is 13.2 Å². The summed E-state index contributed by atoms with van der Waals surface area (Å²) in [6.45, 7) is 5.43. The molecular weight excluding hydrogens is 465 g/mol. The maximum absolute atomic E-state index is 13.4. The van der Waals surface area contributed by atoms with Crippen LogP contribution < -0.4 is 10.8 Å². The minimum Gasteiger partial charge on any atom is -0.384 e. The van der Waals surface area contributed by atoms with E-state index in [-0.39, 0.29) is 5.41 Å². The number of thiazole rings is 1. The van der Waals surface area contributed by atoms with Crippen LogP contribution in [-0.4, -0.2) is 50.0 Å². The van der Waals surface area contributed by atoms with E-state index in [1.807, 2.05) is 44.2 Å². The number of benzene rings is 1. The number of alkyl halides is 3. The average molecular weight is 497 g/mol. The lowest BCUT2D eigenvalue weighted by Crippen LogP contribution is -2.46. The predicted octanol–water partition coefficient (Wildman–Crippen LogP) is 5.16. The van der Waals surface area contributed by atoms with Crippen LogP contribution >= 0.6 is 11.3 Å². The Morgan fingerprint density at radius 2 is 2.00 bits per heavy atom. The molecule has 1 aromatic heterocycles. The molecule has 2 heterocycles. The molecule has 1 aliphatic rings. The topological polar surface area (TPSA) is 67.8 Å². The van der Waals surface area contributed by atoms with Crippen molar-refractivity contribution < 1.29 is 22.7 Å². The van der Waals surface area contributed by atoms with Crippen molar-refractivity contribution >= 4 is 17.2 Å². The van der Waals surface area contributed by atoms with Gasteiger partial charge in [0.05, 0.1) is 5.69 Å². The van der Waals surface area contributed by atoms with E-state index < -0.39 is 18.2 Å². The third-order valence-electron chi connectivity index (χ3n) is 5.73. The van der Waals surface area contributed by atoms with Crippen molar-refractivity contribution in [1.82, 2.24) is 15.8 Å². The SMILES string of the molecule is C/C=C\CC(/N=C(\ONC)C(F)(F)F)NCC1(c2nc(-c3ccccc3)c(C)s2)CCOCC1. The second kappa shape index (κ2) is 11.9. The van der Waals surface area contributed by atoms with E-state index in [0.29, 0.717) is 26.2 Å². The standard InChI is InChI=1S/C24H31F3N4O2S/c1-4-5-11-19(30-21(33-28-3)24(25,26)27)29-16-23(12-14-32-15-13-23)22-31-20(17(2)34-22)18-9-7-6-8-10-18/h4-10,19,28-29H,11-16H2,1-3H3/b5-4-,30-21-. The monoisotopic (exact) mass is 496 g/mol. The smallest absolute Gasteiger partial charge is 0.384 e. The maximum atomic E-state index is 13.4. The van der Waals surface area contributed by atoms with Gasteiger partial charge in [-0.05, 0) is 26.7 Å². The normalized spacial score (nSPS) is 17.8. The Morgan fingerprint density at radius 3 is 2.62 bits per heavy atom. The highest BCUT2D eigenvalue weighted by atomic mass is 32.1. The summed E-state index contributed by atoms with van der Waals surface area (Å²) in [6, 6.07) is 9.99. The number of rotatable bonds is 9. The number of hydrogen-bond donors (Lipinski definition) is 2. The molecule has 34 heavy (non-hydrogen) atoms. The largest absolute Gasteiger partial charge is 0.470 e. The van der Waals surface area contributed by atoms with Crippen molar-refractivity contribution in [2.45, 2.75) is 50.9 Å². The Hall–Kier alpha value is -2.27.